The Morgan fingerprint density at radius 2 is 1.82 bits per heavy atom. The van der Waals surface area contributed by atoms with Crippen molar-refractivity contribution < 1.29 is 9.59 Å². The Labute approximate surface area is 99.4 Å². The van der Waals surface area contributed by atoms with Crippen LogP contribution in [0, 0.1) is 11.8 Å². The number of benzene rings is 1. The molecule has 1 aromatic rings. The maximum atomic E-state index is 12.0. The number of carbonyl (C=O) groups is 2. The molecule has 3 rings (SSSR count). The number of rotatable bonds is 2. The molecule has 3 unspecified atom stereocenters. The fourth-order valence-electron chi connectivity index (χ4n) is 2.49. The Hall–Kier alpha value is -1.68. The molecule has 1 aromatic carbocycles. The molecule has 17 heavy (non-hydrogen) atoms. The predicted octanol–water partition coefficient (Wildman–Crippen LogP) is 1.22. The average Bonchev–Trinajstić information content (AvgIpc) is 3.05. The van der Waals surface area contributed by atoms with Gasteiger partial charge in [-0.3, -0.25) is 9.59 Å². The summed E-state index contributed by atoms with van der Waals surface area (Å²) in [6.45, 7) is 1.85. The highest BCUT2D eigenvalue weighted by Gasteiger charge is 2.59. The Bertz CT molecular complexity index is 490. The average molecular weight is 230 g/mol. The minimum Gasteiger partial charge on any atom is -0.324 e. The number of nitrogens with zero attached hydrogens (tertiary/aromatic N) is 1. The summed E-state index contributed by atoms with van der Waals surface area (Å²) in [5.41, 5.74) is 7.37. The van der Waals surface area contributed by atoms with Crippen molar-refractivity contribution in [3.8, 4) is 0 Å². The highest BCUT2D eigenvalue weighted by molar-refractivity contribution is 6.25. The summed E-state index contributed by atoms with van der Waals surface area (Å²) in [6, 6.07) is 7.16. The molecule has 2 N–H and O–H groups in total. The van der Waals surface area contributed by atoms with Crippen LogP contribution in [0.3, 0.4) is 0 Å². The number of nitrogens with two attached hydrogens (primary N) is 1. The summed E-state index contributed by atoms with van der Waals surface area (Å²) >= 11 is 0. The van der Waals surface area contributed by atoms with Crippen LogP contribution in [0.5, 0.6) is 0 Å². The molecule has 1 saturated carbocycles. The van der Waals surface area contributed by atoms with Gasteiger partial charge in [0, 0.05) is 6.04 Å². The molecule has 88 valence electrons. The zero-order chi connectivity index (χ0) is 12.2. The number of anilines is 1. The number of para-hydroxylation sites is 1. The molecule has 2 aliphatic rings. The number of imide groups is 1. The maximum absolute atomic E-state index is 12.0. The summed E-state index contributed by atoms with van der Waals surface area (Å²) < 4.78 is 0. The molecule has 2 fully saturated rings. The van der Waals surface area contributed by atoms with Gasteiger partial charge in [-0.05, 0) is 25.0 Å². The van der Waals surface area contributed by atoms with Crippen LogP contribution in [0.1, 0.15) is 24.9 Å². The third kappa shape index (κ3) is 1.41. The van der Waals surface area contributed by atoms with Crippen LogP contribution >= 0.6 is 0 Å². The number of amides is 2. The van der Waals surface area contributed by atoms with Crippen LogP contribution in [-0.4, -0.2) is 11.8 Å². The molecule has 0 radical (unpaired) electrons. The number of hydrogen-bond donors (Lipinski definition) is 1. The van der Waals surface area contributed by atoms with Gasteiger partial charge in [-0.15, -0.1) is 0 Å². The van der Waals surface area contributed by atoms with E-state index in [1.54, 1.807) is 6.07 Å². The van der Waals surface area contributed by atoms with Crippen molar-refractivity contribution >= 4 is 17.5 Å². The molecule has 4 nitrogen and oxygen atoms in total. The third-order valence-electron chi connectivity index (χ3n) is 3.53. The van der Waals surface area contributed by atoms with Gasteiger partial charge in [0.2, 0.25) is 11.8 Å². The quantitative estimate of drug-likeness (QED) is 0.777. The lowest BCUT2D eigenvalue weighted by atomic mass is 10.1. The fraction of sp³-hybridized carbons (Fsp3) is 0.385. The number of fused-ring (bicyclic) bond motifs is 1. The lowest BCUT2D eigenvalue weighted by Crippen LogP contribution is -2.34. The van der Waals surface area contributed by atoms with Crippen LogP contribution in [0.2, 0.25) is 0 Å². The monoisotopic (exact) mass is 230 g/mol. The van der Waals surface area contributed by atoms with Crippen LogP contribution in [-0.2, 0) is 9.59 Å². The molecule has 2 amide bonds. The maximum Gasteiger partial charge on any atom is 0.237 e. The van der Waals surface area contributed by atoms with Crippen LogP contribution in [0.25, 0.3) is 0 Å². The Kier molecular flexibility index (Phi) is 2.10. The van der Waals surface area contributed by atoms with E-state index in [2.05, 4.69) is 0 Å². The second-order valence-electron chi connectivity index (χ2n) is 4.81. The summed E-state index contributed by atoms with van der Waals surface area (Å²) in [6.07, 6.45) is 0.731. The molecule has 0 aromatic heterocycles. The van der Waals surface area contributed by atoms with E-state index in [9.17, 15) is 9.59 Å². The number of piperidine rings is 1. The van der Waals surface area contributed by atoms with E-state index in [1.807, 2.05) is 25.1 Å². The van der Waals surface area contributed by atoms with Gasteiger partial charge in [0.1, 0.15) is 0 Å². The summed E-state index contributed by atoms with van der Waals surface area (Å²) in [5, 5.41) is 0. The summed E-state index contributed by atoms with van der Waals surface area (Å²) in [7, 11) is 0. The lowest BCUT2D eigenvalue weighted by molar-refractivity contribution is -0.123. The SMILES string of the molecule is CC(N)c1ccccc1N1C(=O)C2CC2C1=O. The minimum absolute atomic E-state index is 0.0619. The van der Waals surface area contributed by atoms with Crippen molar-refractivity contribution in [2.45, 2.75) is 19.4 Å². The molecule has 0 spiro atoms. The van der Waals surface area contributed by atoms with Crippen LogP contribution in [0.15, 0.2) is 24.3 Å². The van der Waals surface area contributed by atoms with Crippen molar-refractivity contribution in [1.82, 2.24) is 0 Å². The van der Waals surface area contributed by atoms with Gasteiger partial charge in [-0.25, -0.2) is 4.90 Å². The molecule has 1 saturated heterocycles. The van der Waals surface area contributed by atoms with Gasteiger partial charge in [0.05, 0.1) is 17.5 Å². The Balaban J connectivity index is 2.05. The normalized spacial score (nSPS) is 28.2. The molecule has 1 heterocycles. The van der Waals surface area contributed by atoms with Crippen molar-refractivity contribution in [2.75, 3.05) is 4.90 Å². The third-order valence-corrected chi connectivity index (χ3v) is 3.53. The van der Waals surface area contributed by atoms with Gasteiger partial charge in [-0.1, -0.05) is 18.2 Å². The first-order chi connectivity index (χ1) is 8.11. The Morgan fingerprint density at radius 3 is 2.41 bits per heavy atom. The first kappa shape index (κ1) is 10.5. The zero-order valence-corrected chi connectivity index (χ0v) is 9.59. The first-order valence-corrected chi connectivity index (χ1v) is 5.83. The Morgan fingerprint density at radius 1 is 1.24 bits per heavy atom. The second kappa shape index (κ2) is 3.40. The van der Waals surface area contributed by atoms with Gasteiger partial charge in [-0.2, -0.15) is 0 Å². The van der Waals surface area contributed by atoms with Gasteiger partial charge >= 0.3 is 0 Å². The highest BCUT2D eigenvalue weighted by Crippen LogP contribution is 2.49. The molecule has 4 heteroatoms. The molecule has 3 atom stereocenters. The van der Waals surface area contributed by atoms with Crippen LogP contribution in [0.4, 0.5) is 5.69 Å². The van der Waals surface area contributed by atoms with E-state index in [1.165, 1.54) is 4.90 Å². The van der Waals surface area contributed by atoms with Gasteiger partial charge in [0.15, 0.2) is 0 Å². The molecule has 1 aliphatic carbocycles. The van der Waals surface area contributed by atoms with Crippen molar-refractivity contribution in [1.29, 1.82) is 0 Å². The fourth-order valence-corrected chi connectivity index (χ4v) is 2.49. The van der Waals surface area contributed by atoms with E-state index in [0.717, 1.165) is 12.0 Å². The van der Waals surface area contributed by atoms with E-state index < -0.39 is 0 Å². The van der Waals surface area contributed by atoms with Gasteiger partial charge < -0.3 is 5.73 Å². The molecule has 1 aliphatic heterocycles. The number of hydrogen-bond acceptors (Lipinski definition) is 3. The molecular formula is C13H14N2O2. The van der Waals surface area contributed by atoms with Crippen molar-refractivity contribution in [3.63, 3.8) is 0 Å². The van der Waals surface area contributed by atoms with E-state index in [0.29, 0.717) is 5.69 Å². The second-order valence-corrected chi connectivity index (χ2v) is 4.81. The van der Waals surface area contributed by atoms with Crippen molar-refractivity contribution in [2.24, 2.45) is 17.6 Å². The minimum atomic E-state index is -0.191. The zero-order valence-electron chi connectivity index (χ0n) is 9.59. The largest absolute Gasteiger partial charge is 0.324 e. The van der Waals surface area contributed by atoms with Gasteiger partial charge in [0.25, 0.3) is 0 Å². The molecular weight excluding hydrogens is 216 g/mol. The smallest absolute Gasteiger partial charge is 0.237 e. The molecule has 0 bridgehead atoms. The highest BCUT2D eigenvalue weighted by atomic mass is 16.2. The summed E-state index contributed by atoms with van der Waals surface area (Å²) in [4.78, 5) is 25.3. The lowest BCUT2D eigenvalue weighted by Gasteiger charge is -2.21. The van der Waals surface area contributed by atoms with E-state index >= 15 is 0 Å². The number of carbonyl (C=O) groups excluding carboxylic acids is 2. The topological polar surface area (TPSA) is 63.4 Å². The standard InChI is InChI=1S/C13H14N2O2/c1-7(14)8-4-2-3-5-11(8)15-12(16)9-6-10(9)13(15)17/h2-5,7,9-10H,6,14H2,1H3. The van der Waals surface area contributed by atoms with E-state index in [4.69, 9.17) is 5.73 Å². The predicted molar refractivity (Wildman–Crippen MR) is 63.1 cm³/mol. The summed E-state index contributed by atoms with van der Waals surface area (Å²) in [5.74, 6) is -0.256. The van der Waals surface area contributed by atoms with E-state index in [-0.39, 0.29) is 29.7 Å². The van der Waals surface area contributed by atoms with Crippen molar-refractivity contribution in [3.05, 3.63) is 29.8 Å². The van der Waals surface area contributed by atoms with Crippen LogP contribution < -0.4 is 10.6 Å². The first-order valence-electron chi connectivity index (χ1n) is 5.83.